The molecule has 2 rings (SSSR count). The number of rotatable bonds is 3. The summed E-state index contributed by atoms with van der Waals surface area (Å²) in [6.07, 6.45) is 0. The van der Waals surface area contributed by atoms with E-state index >= 15 is 0 Å². The van der Waals surface area contributed by atoms with E-state index in [1.165, 1.54) is 9.13 Å². The van der Waals surface area contributed by atoms with Crippen molar-refractivity contribution in [2.45, 2.75) is 19.8 Å². The van der Waals surface area contributed by atoms with Crippen LogP contribution in [0.5, 0.6) is 0 Å². The fraction of sp³-hybridized carbons (Fsp3) is 0.188. The van der Waals surface area contributed by atoms with Gasteiger partial charge in [0.1, 0.15) is 0 Å². The first-order valence-electron chi connectivity index (χ1n) is 6.48. The third-order valence-electron chi connectivity index (χ3n) is 2.91. The van der Waals surface area contributed by atoms with Crippen molar-refractivity contribution in [3.05, 3.63) is 57.7 Å². The summed E-state index contributed by atoms with van der Waals surface area (Å²) < 4.78 is 1.21. The average molecular weight is 396 g/mol. The number of hydrogen-bond donors (Lipinski definition) is 2. The molecule has 0 bridgehead atoms. The van der Waals surface area contributed by atoms with E-state index in [2.05, 4.69) is 59.2 Å². The Hall–Kier alpha value is -1.14. The molecule has 0 spiro atoms. The molecule has 0 saturated carbocycles. The number of anilines is 2. The van der Waals surface area contributed by atoms with Gasteiger partial charge in [0.15, 0.2) is 5.11 Å². The maximum atomic E-state index is 5.34. The number of nitrogens with one attached hydrogen (secondary N) is 2. The van der Waals surface area contributed by atoms with Crippen LogP contribution >= 0.6 is 34.8 Å². The van der Waals surface area contributed by atoms with E-state index < -0.39 is 0 Å². The van der Waals surface area contributed by atoms with Gasteiger partial charge in [-0.3, -0.25) is 0 Å². The van der Waals surface area contributed by atoms with Gasteiger partial charge < -0.3 is 10.6 Å². The first-order valence-corrected chi connectivity index (χ1v) is 7.97. The second-order valence-corrected chi connectivity index (χ2v) is 6.52. The highest BCUT2D eigenvalue weighted by Gasteiger charge is 2.02. The van der Waals surface area contributed by atoms with E-state index in [9.17, 15) is 0 Å². The molecule has 4 heteroatoms. The molecule has 2 aromatic rings. The van der Waals surface area contributed by atoms with E-state index in [0.29, 0.717) is 11.0 Å². The SMILES string of the molecule is CC(C)c1cccc(NC(=S)Nc2ccc(I)cc2)c1. The summed E-state index contributed by atoms with van der Waals surface area (Å²) in [6.45, 7) is 4.36. The third-order valence-corrected chi connectivity index (χ3v) is 3.84. The topological polar surface area (TPSA) is 24.1 Å². The summed E-state index contributed by atoms with van der Waals surface area (Å²) in [7, 11) is 0. The number of halogens is 1. The first-order chi connectivity index (χ1) is 9.54. The molecule has 0 unspecified atom stereocenters. The minimum atomic E-state index is 0.509. The first kappa shape index (κ1) is 15.3. The van der Waals surface area contributed by atoms with Crippen molar-refractivity contribution < 1.29 is 0 Å². The molecule has 0 aliphatic carbocycles. The van der Waals surface area contributed by atoms with Crippen molar-refractivity contribution in [1.82, 2.24) is 0 Å². The zero-order chi connectivity index (χ0) is 14.5. The Morgan fingerprint density at radius 1 is 1.00 bits per heavy atom. The fourth-order valence-corrected chi connectivity index (χ4v) is 2.40. The standard InChI is InChI=1S/C16H17IN2S/c1-11(2)12-4-3-5-15(10-12)19-16(20)18-14-8-6-13(17)7-9-14/h3-11H,1-2H3,(H2,18,19,20). The van der Waals surface area contributed by atoms with Crippen molar-refractivity contribution >= 4 is 51.3 Å². The smallest absolute Gasteiger partial charge is 0.175 e. The maximum Gasteiger partial charge on any atom is 0.175 e. The Morgan fingerprint density at radius 2 is 1.65 bits per heavy atom. The molecule has 2 nitrogen and oxygen atoms in total. The van der Waals surface area contributed by atoms with Gasteiger partial charge in [0.25, 0.3) is 0 Å². The van der Waals surface area contributed by atoms with Crippen molar-refractivity contribution in [3.63, 3.8) is 0 Å². The molecule has 0 aliphatic rings. The lowest BCUT2D eigenvalue weighted by Gasteiger charge is -2.12. The summed E-state index contributed by atoms with van der Waals surface area (Å²) in [5.74, 6) is 0.509. The van der Waals surface area contributed by atoms with Crippen LogP contribution in [0.4, 0.5) is 11.4 Å². The summed E-state index contributed by atoms with van der Waals surface area (Å²) in [5.41, 5.74) is 3.30. The minimum absolute atomic E-state index is 0.509. The zero-order valence-corrected chi connectivity index (χ0v) is 14.5. The van der Waals surface area contributed by atoms with Crippen LogP contribution in [0.25, 0.3) is 0 Å². The molecule has 0 atom stereocenters. The second kappa shape index (κ2) is 7.04. The molecule has 0 saturated heterocycles. The van der Waals surface area contributed by atoms with E-state index in [1.807, 2.05) is 36.4 Å². The van der Waals surface area contributed by atoms with Crippen molar-refractivity contribution in [1.29, 1.82) is 0 Å². The number of thiocarbonyl (C=S) groups is 1. The van der Waals surface area contributed by atoms with Crippen LogP contribution in [0, 0.1) is 3.57 Å². The Morgan fingerprint density at radius 3 is 2.30 bits per heavy atom. The summed E-state index contributed by atoms with van der Waals surface area (Å²) in [6, 6.07) is 16.5. The highest BCUT2D eigenvalue weighted by Crippen LogP contribution is 2.19. The summed E-state index contributed by atoms with van der Waals surface area (Å²) >= 11 is 7.62. The lowest BCUT2D eigenvalue weighted by Crippen LogP contribution is -2.19. The van der Waals surface area contributed by atoms with Gasteiger partial charge in [0.2, 0.25) is 0 Å². The summed E-state index contributed by atoms with van der Waals surface area (Å²) in [4.78, 5) is 0. The minimum Gasteiger partial charge on any atom is -0.332 e. The van der Waals surface area contributed by atoms with Crippen LogP contribution in [0.2, 0.25) is 0 Å². The molecule has 0 aromatic heterocycles. The fourth-order valence-electron chi connectivity index (χ4n) is 1.80. The molecule has 2 aromatic carbocycles. The average Bonchev–Trinajstić information content (AvgIpc) is 2.41. The van der Waals surface area contributed by atoms with Gasteiger partial charge in [0.05, 0.1) is 0 Å². The highest BCUT2D eigenvalue weighted by molar-refractivity contribution is 14.1. The molecule has 2 N–H and O–H groups in total. The van der Waals surface area contributed by atoms with E-state index in [0.717, 1.165) is 11.4 Å². The Bertz CT molecular complexity index is 594. The highest BCUT2D eigenvalue weighted by atomic mass is 127. The monoisotopic (exact) mass is 396 g/mol. The third kappa shape index (κ3) is 4.45. The zero-order valence-electron chi connectivity index (χ0n) is 11.5. The quantitative estimate of drug-likeness (QED) is 0.549. The summed E-state index contributed by atoms with van der Waals surface area (Å²) in [5, 5.41) is 7.01. The van der Waals surface area contributed by atoms with E-state index in [-0.39, 0.29) is 0 Å². The van der Waals surface area contributed by atoms with E-state index in [1.54, 1.807) is 0 Å². The van der Waals surface area contributed by atoms with Crippen molar-refractivity contribution in [2.75, 3.05) is 10.6 Å². The molecule has 0 amide bonds. The van der Waals surface area contributed by atoms with Crippen LogP contribution < -0.4 is 10.6 Å². The maximum absolute atomic E-state index is 5.34. The van der Waals surface area contributed by atoms with Crippen LogP contribution in [-0.4, -0.2) is 5.11 Å². The Balaban J connectivity index is 2.01. The van der Waals surface area contributed by atoms with Gasteiger partial charge in [-0.05, 0) is 82.7 Å². The molecule has 0 aliphatic heterocycles. The van der Waals surface area contributed by atoms with Crippen LogP contribution in [0.1, 0.15) is 25.3 Å². The number of benzene rings is 2. The van der Waals surface area contributed by atoms with Gasteiger partial charge in [-0.15, -0.1) is 0 Å². The van der Waals surface area contributed by atoms with Crippen LogP contribution in [0.15, 0.2) is 48.5 Å². The van der Waals surface area contributed by atoms with Gasteiger partial charge >= 0.3 is 0 Å². The molecule has 0 fully saturated rings. The molecule has 0 heterocycles. The Kier molecular flexibility index (Phi) is 5.37. The second-order valence-electron chi connectivity index (χ2n) is 4.87. The molecular formula is C16H17IN2S. The lowest BCUT2D eigenvalue weighted by molar-refractivity contribution is 0.867. The van der Waals surface area contributed by atoms with Crippen LogP contribution in [-0.2, 0) is 0 Å². The predicted molar refractivity (Wildman–Crippen MR) is 99.5 cm³/mol. The lowest BCUT2D eigenvalue weighted by atomic mass is 10.0. The Labute approximate surface area is 139 Å². The van der Waals surface area contributed by atoms with E-state index in [4.69, 9.17) is 12.2 Å². The molecule has 20 heavy (non-hydrogen) atoms. The van der Waals surface area contributed by atoms with Crippen molar-refractivity contribution in [2.24, 2.45) is 0 Å². The molecule has 0 radical (unpaired) electrons. The van der Waals surface area contributed by atoms with Gasteiger partial charge in [-0.25, -0.2) is 0 Å². The van der Waals surface area contributed by atoms with Crippen molar-refractivity contribution in [3.8, 4) is 0 Å². The number of hydrogen-bond acceptors (Lipinski definition) is 1. The normalized spacial score (nSPS) is 10.4. The van der Waals surface area contributed by atoms with Crippen LogP contribution in [0.3, 0.4) is 0 Å². The molecular weight excluding hydrogens is 379 g/mol. The van der Waals surface area contributed by atoms with Gasteiger partial charge in [-0.1, -0.05) is 26.0 Å². The van der Waals surface area contributed by atoms with Gasteiger partial charge in [-0.2, -0.15) is 0 Å². The largest absolute Gasteiger partial charge is 0.332 e. The van der Waals surface area contributed by atoms with Gasteiger partial charge in [0, 0.05) is 14.9 Å². The predicted octanol–water partition coefficient (Wildman–Crippen LogP) is 5.22. The molecule has 104 valence electrons.